The standard InChI is InChI=1S/C31H35BrClN3O5S/c1-22(31(38)34-26-6-4-3-5-7-26)35(20-23-8-10-24(32)11-9-23)30(37)21-36(27-14-12-25(33)13-15-27)42(39,40)29-18-16-28(41-2)17-19-29/h8-19,22,26H,3-7,20-21H2,1-2H3,(H,34,38)/t22-/m0/s1. The number of hydrogen-bond acceptors (Lipinski definition) is 5. The van der Waals surface area contributed by atoms with Gasteiger partial charge in [-0.25, -0.2) is 8.42 Å². The highest BCUT2D eigenvalue weighted by Gasteiger charge is 2.33. The number of sulfonamides is 1. The number of carbonyl (C=O) groups excluding carboxylic acids is 2. The number of nitrogens with one attached hydrogen (secondary N) is 1. The highest BCUT2D eigenvalue weighted by atomic mass is 79.9. The van der Waals surface area contributed by atoms with E-state index < -0.39 is 28.5 Å². The van der Waals surface area contributed by atoms with E-state index in [4.69, 9.17) is 16.3 Å². The molecule has 1 fully saturated rings. The lowest BCUT2D eigenvalue weighted by molar-refractivity contribution is -0.139. The van der Waals surface area contributed by atoms with Crippen molar-refractivity contribution >= 4 is 55.1 Å². The summed E-state index contributed by atoms with van der Waals surface area (Å²) in [6.07, 6.45) is 5.08. The maximum Gasteiger partial charge on any atom is 0.264 e. The van der Waals surface area contributed by atoms with E-state index in [1.807, 2.05) is 24.3 Å². The molecule has 3 aromatic carbocycles. The van der Waals surface area contributed by atoms with E-state index in [0.29, 0.717) is 10.8 Å². The number of rotatable bonds is 11. The Hall–Kier alpha value is -3.08. The smallest absolute Gasteiger partial charge is 0.264 e. The number of hydrogen-bond donors (Lipinski definition) is 1. The van der Waals surface area contributed by atoms with Crippen LogP contribution in [0.25, 0.3) is 0 Å². The van der Waals surface area contributed by atoms with Crippen LogP contribution in [0.3, 0.4) is 0 Å². The van der Waals surface area contributed by atoms with Crippen molar-refractivity contribution in [3.8, 4) is 5.75 Å². The molecule has 42 heavy (non-hydrogen) atoms. The molecule has 1 saturated carbocycles. The van der Waals surface area contributed by atoms with Gasteiger partial charge in [0, 0.05) is 22.1 Å². The molecule has 0 aromatic heterocycles. The van der Waals surface area contributed by atoms with Crippen LogP contribution in [-0.2, 0) is 26.2 Å². The number of carbonyl (C=O) groups is 2. The fraction of sp³-hybridized carbons (Fsp3) is 0.355. The Balaban J connectivity index is 1.66. The molecule has 0 unspecified atom stereocenters. The third-order valence-corrected chi connectivity index (χ3v) is 9.99. The highest BCUT2D eigenvalue weighted by Crippen LogP contribution is 2.27. The zero-order valence-corrected chi connectivity index (χ0v) is 26.8. The fourth-order valence-electron chi connectivity index (χ4n) is 4.95. The predicted molar refractivity (Wildman–Crippen MR) is 168 cm³/mol. The van der Waals surface area contributed by atoms with Gasteiger partial charge in [0.2, 0.25) is 11.8 Å². The van der Waals surface area contributed by atoms with Crippen LogP contribution in [0, 0.1) is 0 Å². The Bertz CT molecular complexity index is 1460. The van der Waals surface area contributed by atoms with E-state index in [-0.39, 0.29) is 29.1 Å². The normalized spacial score (nSPS) is 14.6. The lowest BCUT2D eigenvalue weighted by atomic mass is 9.95. The minimum atomic E-state index is -4.19. The molecule has 3 aromatic rings. The molecule has 1 aliphatic rings. The molecule has 2 amide bonds. The van der Waals surface area contributed by atoms with Crippen LogP contribution in [0.15, 0.2) is 82.2 Å². The van der Waals surface area contributed by atoms with Gasteiger partial charge >= 0.3 is 0 Å². The van der Waals surface area contributed by atoms with Gasteiger partial charge in [-0.15, -0.1) is 0 Å². The van der Waals surface area contributed by atoms with Gasteiger partial charge in [-0.3, -0.25) is 13.9 Å². The topological polar surface area (TPSA) is 96.0 Å². The number of halogens is 2. The fourth-order valence-corrected chi connectivity index (χ4v) is 6.75. The minimum Gasteiger partial charge on any atom is -0.497 e. The van der Waals surface area contributed by atoms with Gasteiger partial charge in [-0.2, -0.15) is 0 Å². The van der Waals surface area contributed by atoms with Gasteiger partial charge in [-0.05, 0) is 86.0 Å². The first-order valence-corrected chi connectivity index (χ1v) is 16.5. The second-order valence-corrected chi connectivity index (χ2v) is 13.5. The number of benzene rings is 3. The monoisotopic (exact) mass is 675 g/mol. The van der Waals surface area contributed by atoms with Crippen molar-refractivity contribution in [3.63, 3.8) is 0 Å². The molecule has 1 aliphatic carbocycles. The molecule has 1 N–H and O–H groups in total. The second-order valence-electron chi connectivity index (χ2n) is 10.3. The molecule has 1 atom stereocenters. The largest absolute Gasteiger partial charge is 0.497 e. The first-order valence-electron chi connectivity index (χ1n) is 13.8. The summed E-state index contributed by atoms with van der Waals surface area (Å²) in [6, 6.07) is 18.9. The summed E-state index contributed by atoms with van der Waals surface area (Å²) in [4.78, 5) is 28.9. The number of nitrogens with zero attached hydrogens (tertiary/aromatic N) is 2. The summed E-state index contributed by atoms with van der Waals surface area (Å²) in [7, 11) is -2.69. The molecule has 0 heterocycles. The Kier molecular flexibility index (Phi) is 10.9. The molecular formula is C31H35BrClN3O5S. The molecule has 224 valence electrons. The molecule has 0 radical (unpaired) electrons. The Morgan fingerprint density at radius 2 is 1.60 bits per heavy atom. The molecule has 0 saturated heterocycles. The zero-order valence-electron chi connectivity index (χ0n) is 23.6. The van der Waals surface area contributed by atoms with Gasteiger partial charge < -0.3 is 15.0 Å². The Morgan fingerprint density at radius 1 is 0.976 bits per heavy atom. The van der Waals surface area contributed by atoms with Crippen molar-refractivity contribution < 1.29 is 22.7 Å². The molecule has 11 heteroatoms. The van der Waals surface area contributed by atoms with E-state index in [9.17, 15) is 18.0 Å². The number of amides is 2. The maximum absolute atomic E-state index is 14.1. The van der Waals surface area contributed by atoms with E-state index in [2.05, 4.69) is 21.2 Å². The van der Waals surface area contributed by atoms with E-state index in [1.165, 1.54) is 24.1 Å². The van der Waals surface area contributed by atoms with Crippen molar-refractivity contribution in [2.45, 2.75) is 62.6 Å². The van der Waals surface area contributed by atoms with Gasteiger partial charge in [0.15, 0.2) is 0 Å². The molecule has 8 nitrogen and oxygen atoms in total. The summed E-state index contributed by atoms with van der Waals surface area (Å²) in [5, 5.41) is 3.54. The number of methoxy groups -OCH3 is 1. The SMILES string of the molecule is COc1ccc(S(=O)(=O)N(CC(=O)N(Cc2ccc(Br)cc2)[C@@H](C)C(=O)NC2CCCCC2)c2ccc(Cl)cc2)cc1. The van der Waals surface area contributed by atoms with Crippen molar-refractivity contribution in [1.82, 2.24) is 10.2 Å². The minimum absolute atomic E-state index is 0.00593. The second kappa shape index (κ2) is 14.4. The summed E-state index contributed by atoms with van der Waals surface area (Å²) < 4.78 is 35.0. The summed E-state index contributed by atoms with van der Waals surface area (Å²) >= 11 is 9.52. The van der Waals surface area contributed by atoms with Crippen LogP contribution in [0.1, 0.15) is 44.6 Å². The van der Waals surface area contributed by atoms with Crippen molar-refractivity contribution in [2.24, 2.45) is 0 Å². The van der Waals surface area contributed by atoms with Crippen LogP contribution in [-0.4, -0.2) is 50.9 Å². The number of anilines is 1. The van der Waals surface area contributed by atoms with Crippen molar-refractivity contribution in [2.75, 3.05) is 18.0 Å². The van der Waals surface area contributed by atoms with Gasteiger partial charge in [0.1, 0.15) is 18.3 Å². The van der Waals surface area contributed by atoms with Crippen LogP contribution in [0.5, 0.6) is 5.75 Å². The highest BCUT2D eigenvalue weighted by molar-refractivity contribution is 9.10. The van der Waals surface area contributed by atoms with Crippen LogP contribution in [0.2, 0.25) is 5.02 Å². The maximum atomic E-state index is 14.1. The third kappa shape index (κ3) is 8.05. The molecular weight excluding hydrogens is 642 g/mol. The molecule has 0 bridgehead atoms. The average molecular weight is 677 g/mol. The predicted octanol–water partition coefficient (Wildman–Crippen LogP) is 6.17. The molecule has 0 aliphatic heterocycles. The average Bonchev–Trinajstić information content (AvgIpc) is 3.00. The van der Waals surface area contributed by atoms with Crippen LogP contribution in [0.4, 0.5) is 5.69 Å². The number of ether oxygens (including phenoxy) is 1. The zero-order chi connectivity index (χ0) is 30.3. The van der Waals surface area contributed by atoms with Gasteiger partial charge in [0.25, 0.3) is 10.0 Å². The first-order chi connectivity index (χ1) is 20.1. The van der Waals surface area contributed by atoms with E-state index in [0.717, 1.165) is 46.4 Å². The Morgan fingerprint density at radius 3 is 2.19 bits per heavy atom. The van der Waals surface area contributed by atoms with Crippen molar-refractivity contribution in [3.05, 3.63) is 87.9 Å². The van der Waals surface area contributed by atoms with E-state index >= 15 is 0 Å². The molecule has 4 rings (SSSR count). The van der Waals surface area contributed by atoms with Crippen LogP contribution >= 0.6 is 27.5 Å². The lowest BCUT2D eigenvalue weighted by Crippen LogP contribution is -2.53. The van der Waals surface area contributed by atoms with Gasteiger partial charge in [-0.1, -0.05) is 58.9 Å². The van der Waals surface area contributed by atoms with E-state index in [1.54, 1.807) is 43.3 Å². The lowest BCUT2D eigenvalue weighted by Gasteiger charge is -2.33. The third-order valence-electron chi connectivity index (χ3n) is 7.43. The van der Waals surface area contributed by atoms with Crippen LogP contribution < -0.4 is 14.4 Å². The summed E-state index contributed by atoms with van der Waals surface area (Å²) in [6.45, 7) is 1.29. The van der Waals surface area contributed by atoms with Crippen molar-refractivity contribution in [1.29, 1.82) is 0 Å². The quantitative estimate of drug-likeness (QED) is 0.262. The van der Waals surface area contributed by atoms with Gasteiger partial charge in [0.05, 0.1) is 17.7 Å². The summed E-state index contributed by atoms with van der Waals surface area (Å²) in [5.41, 5.74) is 1.08. The molecule has 0 spiro atoms. The Labute approximate surface area is 261 Å². The first kappa shape index (κ1) is 31.8. The summed E-state index contributed by atoms with van der Waals surface area (Å²) in [5.74, 6) is -0.277.